The summed E-state index contributed by atoms with van der Waals surface area (Å²) in [6.07, 6.45) is 4.27. The van der Waals surface area contributed by atoms with E-state index in [9.17, 15) is 4.79 Å². The average Bonchev–Trinajstić information content (AvgIpc) is 3.61. The smallest absolute Gasteiger partial charge is 0.223 e. The first-order valence-corrected chi connectivity index (χ1v) is 13.6. The van der Waals surface area contributed by atoms with Gasteiger partial charge in [0.05, 0.1) is 35.8 Å². The monoisotopic (exact) mass is 529 g/mol. The van der Waals surface area contributed by atoms with Crippen LogP contribution in [0.1, 0.15) is 58.3 Å². The van der Waals surface area contributed by atoms with E-state index < -0.39 is 0 Å². The third-order valence-corrected chi connectivity index (χ3v) is 8.02. The van der Waals surface area contributed by atoms with Gasteiger partial charge in [-0.1, -0.05) is 12.1 Å². The number of ether oxygens (including phenoxy) is 2. The Hall–Kier alpha value is -3.81. The van der Waals surface area contributed by atoms with Crippen LogP contribution in [0, 0.1) is 12.8 Å². The molecule has 0 spiro atoms. The molecule has 206 valence electrons. The number of aromatic nitrogens is 4. The molecule has 0 radical (unpaired) electrons. The molecule has 2 aromatic heterocycles. The second-order valence-corrected chi connectivity index (χ2v) is 11.7. The molecule has 1 fully saturated rings. The summed E-state index contributed by atoms with van der Waals surface area (Å²) in [5, 5.41) is 10.3. The first kappa shape index (κ1) is 26.8. The first-order chi connectivity index (χ1) is 18.5. The Balaban J connectivity index is 1.40. The molecule has 5 rings (SSSR count). The summed E-state index contributed by atoms with van der Waals surface area (Å²) in [6, 6.07) is 12.1. The fourth-order valence-corrected chi connectivity index (χ4v) is 5.35. The van der Waals surface area contributed by atoms with Gasteiger partial charge >= 0.3 is 0 Å². The van der Waals surface area contributed by atoms with Crippen LogP contribution in [0.3, 0.4) is 0 Å². The molecule has 2 aromatic carbocycles. The number of hydrogen-bond donors (Lipinski definition) is 0. The van der Waals surface area contributed by atoms with Crippen molar-refractivity contribution < 1.29 is 14.3 Å². The number of carbonyl (C=O) groups excluding carboxylic acids is 1. The number of fused-ring (bicyclic) bond motifs is 1. The highest BCUT2D eigenvalue weighted by Gasteiger charge is 2.37. The molecule has 0 bridgehead atoms. The average molecular weight is 530 g/mol. The van der Waals surface area contributed by atoms with Gasteiger partial charge in [0.1, 0.15) is 17.6 Å². The minimum atomic E-state index is -0.155. The van der Waals surface area contributed by atoms with Gasteiger partial charge in [-0.2, -0.15) is 10.2 Å². The van der Waals surface area contributed by atoms with Gasteiger partial charge in [-0.25, -0.2) is 0 Å². The topological polar surface area (TPSA) is 74.4 Å². The van der Waals surface area contributed by atoms with E-state index in [1.807, 2.05) is 51.8 Å². The quantitative estimate of drug-likeness (QED) is 0.299. The molecular formula is C31H39N5O3. The van der Waals surface area contributed by atoms with E-state index in [-0.39, 0.29) is 29.5 Å². The van der Waals surface area contributed by atoms with Crippen LogP contribution in [0.2, 0.25) is 0 Å². The number of likely N-dealkylation sites (tertiary alicyclic amines) is 1. The molecule has 0 saturated carbocycles. The standard InChI is InChI=1S/C31H39N5O3/c1-19(22-9-11-26(38-8)12-10-22)35-17-24(15-29(35)37)21(3)39-28-14-23(13-27-30(28)20(2)34(7)33-27)25-16-32-36(18-25)31(4,5)6/h9-14,16,18-19,21,24H,15,17H2,1-8H3/t19-,21+,24+/m0/s1. The van der Waals surface area contributed by atoms with Crippen molar-refractivity contribution in [1.82, 2.24) is 24.5 Å². The van der Waals surface area contributed by atoms with Crippen molar-refractivity contribution in [1.29, 1.82) is 0 Å². The van der Waals surface area contributed by atoms with Crippen molar-refractivity contribution in [3.63, 3.8) is 0 Å². The molecule has 0 unspecified atom stereocenters. The van der Waals surface area contributed by atoms with E-state index in [4.69, 9.17) is 14.6 Å². The molecule has 3 heterocycles. The van der Waals surface area contributed by atoms with Gasteiger partial charge in [-0.15, -0.1) is 0 Å². The third kappa shape index (κ3) is 5.12. The van der Waals surface area contributed by atoms with Gasteiger partial charge < -0.3 is 14.4 Å². The Morgan fingerprint density at radius 2 is 1.79 bits per heavy atom. The molecule has 8 heteroatoms. The summed E-state index contributed by atoms with van der Waals surface area (Å²) < 4.78 is 15.8. The van der Waals surface area contributed by atoms with Crippen LogP contribution in [0.25, 0.3) is 22.0 Å². The number of amides is 1. The number of carbonyl (C=O) groups is 1. The Labute approximate surface area is 230 Å². The number of hydrogen-bond acceptors (Lipinski definition) is 5. The largest absolute Gasteiger partial charge is 0.497 e. The van der Waals surface area contributed by atoms with Crippen molar-refractivity contribution in [3.8, 4) is 22.6 Å². The van der Waals surface area contributed by atoms with E-state index in [0.29, 0.717) is 13.0 Å². The Morgan fingerprint density at radius 3 is 2.44 bits per heavy atom. The molecule has 1 aliphatic rings. The fraction of sp³-hybridized carbons (Fsp3) is 0.452. The summed E-state index contributed by atoms with van der Waals surface area (Å²) in [6.45, 7) is 13.3. The van der Waals surface area contributed by atoms with Crippen molar-refractivity contribution in [2.75, 3.05) is 13.7 Å². The normalized spacial score (nSPS) is 17.6. The van der Waals surface area contributed by atoms with E-state index in [1.165, 1.54) is 0 Å². The van der Waals surface area contributed by atoms with E-state index in [2.05, 4.69) is 65.0 Å². The van der Waals surface area contributed by atoms with Crippen LogP contribution in [0.4, 0.5) is 0 Å². The van der Waals surface area contributed by atoms with Crippen LogP contribution >= 0.6 is 0 Å². The number of benzene rings is 2. The van der Waals surface area contributed by atoms with Crippen molar-refractivity contribution in [3.05, 3.63) is 60.0 Å². The molecule has 39 heavy (non-hydrogen) atoms. The molecule has 0 N–H and O–H groups in total. The summed E-state index contributed by atoms with van der Waals surface area (Å²) in [7, 11) is 3.61. The Kier molecular flexibility index (Phi) is 6.91. The third-order valence-electron chi connectivity index (χ3n) is 8.02. The maximum atomic E-state index is 13.1. The summed E-state index contributed by atoms with van der Waals surface area (Å²) in [4.78, 5) is 15.1. The van der Waals surface area contributed by atoms with Crippen molar-refractivity contribution in [2.45, 2.75) is 65.6 Å². The van der Waals surface area contributed by atoms with Crippen LogP contribution < -0.4 is 9.47 Å². The second kappa shape index (κ2) is 10.1. The molecule has 0 aliphatic carbocycles. The van der Waals surface area contributed by atoms with E-state index in [0.717, 1.165) is 44.8 Å². The molecule has 8 nitrogen and oxygen atoms in total. The SMILES string of the molecule is COc1ccc([C@H](C)N2C[C@H]([C@@H](C)Oc3cc(-c4cnn(C(C)(C)C)c4)cc4nn(C)c(C)c34)CC2=O)cc1. The highest BCUT2D eigenvalue weighted by Crippen LogP contribution is 2.37. The molecule has 1 aliphatic heterocycles. The van der Waals surface area contributed by atoms with Gasteiger partial charge in [0.25, 0.3) is 0 Å². The molecular weight excluding hydrogens is 490 g/mol. The predicted molar refractivity (Wildman–Crippen MR) is 153 cm³/mol. The van der Waals surface area contributed by atoms with Gasteiger partial charge in [0, 0.05) is 43.4 Å². The summed E-state index contributed by atoms with van der Waals surface area (Å²) in [5.74, 6) is 1.84. The fourth-order valence-electron chi connectivity index (χ4n) is 5.35. The zero-order valence-electron chi connectivity index (χ0n) is 24.2. The summed E-state index contributed by atoms with van der Waals surface area (Å²) in [5.41, 5.74) is 4.94. The summed E-state index contributed by atoms with van der Waals surface area (Å²) >= 11 is 0. The Morgan fingerprint density at radius 1 is 1.08 bits per heavy atom. The lowest BCUT2D eigenvalue weighted by atomic mass is 10.0. The zero-order chi connectivity index (χ0) is 28.1. The number of nitrogens with zero attached hydrogens (tertiary/aromatic N) is 5. The number of methoxy groups -OCH3 is 1. The van der Waals surface area contributed by atoms with Crippen molar-refractivity contribution >= 4 is 16.8 Å². The highest BCUT2D eigenvalue weighted by atomic mass is 16.5. The minimum Gasteiger partial charge on any atom is -0.497 e. The van der Waals surface area contributed by atoms with Crippen molar-refractivity contribution in [2.24, 2.45) is 13.0 Å². The van der Waals surface area contributed by atoms with Gasteiger partial charge in [0.15, 0.2) is 0 Å². The van der Waals surface area contributed by atoms with Crippen LogP contribution in [-0.2, 0) is 17.4 Å². The maximum Gasteiger partial charge on any atom is 0.223 e. The lowest BCUT2D eigenvalue weighted by Gasteiger charge is -2.27. The number of rotatable bonds is 7. The predicted octanol–water partition coefficient (Wildman–Crippen LogP) is 5.89. The van der Waals surface area contributed by atoms with Crippen LogP contribution in [0.15, 0.2) is 48.8 Å². The van der Waals surface area contributed by atoms with Gasteiger partial charge in [0.2, 0.25) is 5.91 Å². The van der Waals surface area contributed by atoms with Crippen LogP contribution in [-0.4, -0.2) is 50.1 Å². The first-order valence-electron chi connectivity index (χ1n) is 13.6. The molecule has 1 amide bonds. The highest BCUT2D eigenvalue weighted by molar-refractivity contribution is 5.92. The number of aryl methyl sites for hydroxylation is 2. The molecule has 4 aromatic rings. The van der Waals surface area contributed by atoms with Gasteiger partial charge in [-0.3, -0.25) is 14.2 Å². The zero-order valence-corrected chi connectivity index (χ0v) is 24.2. The van der Waals surface area contributed by atoms with E-state index in [1.54, 1.807) is 7.11 Å². The maximum absolute atomic E-state index is 13.1. The van der Waals surface area contributed by atoms with Crippen LogP contribution in [0.5, 0.6) is 11.5 Å². The lowest BCUT2D eigenvalue weighted by molar-refractivity contribution is -0.129. The van der Waals surface area contributed by atoms with Gasteiger partial charge in [-0.05, 0) is 76.9 Å². The minimum absolute atomic E-state index is 0.0180. The lowest BCUT2D eigenvalue weighted by Crippen LogP contribution is -2.31. The Bertz CT molecular complexity index is 1500. The molecule has 3 atom stereocenters. The van der Waals surface area contributed by atoms with E-state index >= 15 is 0 Å². The second-order valence-electron chi connectivity index (χ2n) is 11.7. The molecule has 1 saturated heterocycles.